The predicted octanol–water partition coefficient (Wildman–Crippen LogP) is 1.52. The molecule has 0 fully saturated rings. The molecule has 0 aliphatic carbocycles. The van der Waals surface area contributed by atoms with Gasteiger partial charge < -0.3 is 10.8 Å². The van der Waals surface area contributed by atoms with Crippen molar-refractivity contribution in [3.8, 4) is 0 Å². The number of rotatable bonds is 1. The van der Waals surface area contributed by atoms with Gasteiger partial charge in [-0.15, -0.1) is 0 Å². The first-order valence-electron chi connectivity index (χ1n) is 4.05. The monoisotopic (exact) mass is 188 g/mol. The lowest BCUT2D eigenvalue weighted by molar-refractivity contribution is 0.0699. The van der Waals surface area contributed by atoms with Gasteiger partial charge in [0.2, 0.25) is 0 Å². The molecule has 70 valence electrons. The van der Waals surface area contributed by atoms with E-state index in [1.54, 1.807) is 12.1 Å². The van der Waals surface area contributed by atoms with Crippen LogP contribution >= 0.6 is 0 Å². The molecule has 2 rings (SSSR count). The Morgan fingerprint density at radius 3 is 2.79 bits per heavy atom. The van der Waals surface area contributed by atoms with Crippen molar-refractivity contribution < 1.29 is 9.90 Å². The number of carboxylic acid groups (broad SMARTS) is 1. The maximum Gasteiger partial charge on any atom is 0.336 e. The van der Waals surface area contributed by atoms with Crippen LogP contribution in [0.3, 0.4) is 0 Å². The third kappa shape index (κ3) is 1.17. The number of nitrogens with zero attached hydrogens (tertiary/aromatic N) is 1. The van der Waals surface area contributed by atoms with Crippen LogP contribution in [0.5, 0.6) is 0 Å². The summed E-state index contributed by atoms with van der Waals surface area (Å²) >= 11 is 0. The molecule has 14 heavy (non-hydrogen) atoms. The largest absolute Gasteiger partial charge is 0.478 e. The molecule has 0 saturated carbocycles. The van der Waals surface area contributed by atoms with Crippen molar-refractivity contribution in [1.29, 1.82) is 0 Å². The van der Waals surface area contributed by atoms with E-state index in [1.807, 2.05) is 0 Å². The minimum Gasteiger partial charge on any atom is -0.478 e. The minimum atomic E-state index is -0.969. The Labute approximate surface area is 80.0 Å². The Morgan fingerprint density at radius 1 is 1.29 bits per heavy atom. The second-order valence-corrected chi connectivity index (χ2v) is 2.93. The number of carbonyl (C=O) groups is 1. The molecule has 2 aromatic rings. The summed E-state index contributed by atoms with van der Waals surface area (Å²) in [6.45, 7) is 0. The lowest BCUT2D eigenvalue weighted by Crippen LogP contribution is -1.98. The Morgan fingerprint density at radius 2 is 2.07 bits per heavy atom. The van der Waals surface area contributed by atoms with E-state index in [-0.39, 0.29) is 5.56 Å². The zero-order valence-corrected chi connectivity index (χ0v) is 7.27. The molecule has 1 aromatic heterocycles. The number of hydrogen-bond acceptors (Lipinski definition) is 3. The van der Waals surface area contributed by atoms with E-state index < -0.39 is 5.97 Å². The second-order valence-electron chi connectivity index (χ2n) is 2.93. The van der Waals surface area contributed by atoms with Crippen molar-refractivity contribution in [2.24, 2.45) is 0 Å². The molecule has 1 aromatic carbocycles. The third-order valence-electron chi connectivity index (χ3n) is 2.06. The van der Waals surface area contributed by atoms with E-state index in [9.17, 15) is 4.79 Å². The number of benzene rings is 1. The van der Waals surface area contributed by atoms with E-state index in [4.69, 9.17) is 10.8 Å². The van der Waals surface area contributed by atoms with Gasteiger partial charge in [-0.2, -0.15) is 0 Å². The van der Waals surface area contributed by atoms with E-state index in [0.29, 0.717) is 11.1 Å². The van der Waals surface area contributed by atoms with Crippen LogP contribution in [0.1, 0.15) is 10.4 Å². The molecule has 0 atom stereocenters. The average Bonchev–Trinajstić information content (AvgIpc) is 2.17. The van der Waals surface area contributed by atoms with Crippen molar-refractivity contribution in [3.63, 3.8) is 0 Å². The standard InChI is InChI=1S/C10H8N2O2/c11-9-5-12-4-8-6(9)2-1-3-7(8)10(13)14/h1-5H,11H2,(H,13,14). The topological polar surface area (TPSA) is 76.2 Å². The summed E-state index contributed by atoms with van der Waals surface area (Å²) in [5.41, 5.74) is 6.39. The lowest BCUT2D eigenvalue weighted by atomic mass is 10.1. The van der Waals surface area contributed by atoms with E-state index in [0.717, 1.165) is 5.39 Å². The van der Waals surface area contributed by atoms with Gasteiger partial charge in [0.05, 0.1) is 17.4 Å². The van der Waals surface area contributed by atoms with Gasteiger partial charge in [0.15, 0.2) is 0 Å². The minimum absolute atomic E-state index is 0.224. The highest BCUT2D eigenvalue weighted by atomic mass is 16.4. The van der Waals surface area contributed by atoms with E-state index in [2.05, 4.69) is 4.98 Å². The van der Waals surface area contributed by atoms with Gasteiger partial charge >= 0.3 is 5.97 Å². The lowest BCUT2D eigenvalue weighted by Gasteiger charge is -2.03. The highest BCUT2D eigenvalue weighted by Gasteiger charge is 2.08. The fourth-order valence-corrected chi connectivity index (χ4v) is 1.40. The number of carboxylic acids is 1. The molecular formula is C10H8N2O2. The van der Waals surface area contributed by atoms with Crippen molar-refractivity contribution in [2.75, 3.05) is 5.73 Å². The molecule has 0 aliphatic rings. The summed E-state index contributed by atoms with van der Waals surface area (Å²) in [6.07, 6.45) is 3.02. The zero-order chi connectivity index (χ0) is 10.1. The van der Waals surface area contributed by atoms with Crippen LogP contribution in [-0.4, -0.2) is 16.1 Å². The third-order valence-corrected chi connectivity index (χ3v) is 2.06. The fraction of sp³-hybridized carbons (Fsp3) is 0. The molecule has 4 nitrogen and oxygen atoms in total. The Hall–Kier alpha value is -2.10. The van der Waals surface area contributed by atoms with E-state index >= 15 is 0 Å². The number of hydrogen-bond donors (Lipinski definition) is 2. The van der Waals surface area contributed by atoms with Crippen molar-refractivity contribution >= 4 is 22.4 Å². The fourth-order valence-electron chi connectivity index (χ4n) is 1.40. The van der Waals surface area contributed by atoms with Crippen LogP contribution in [0.25, 0.3) is 10.8 Å². The molecule has 0 unspecified atom stereocenters. The Bertz CT molecular complexity index is 508. The molecule has 0 saturated heterocycles. The van der Waals surface area contributed by atoms with Crippen LogP contribution in [0.2, 0.25) is 0 Å². The van der Waals surface area contributed by atoms with Crippen molar-refractivity contribution in [1.82, 2.24) is 4.98 Å². The Balaban J connectivity index is 2.88. The number of aromatic carboxylic acids is 1. The Kier molecular flexibility index (Phi) is 1.81. The van der Waals surface area contributed by atoms with Crippen LogP contribution in [0.15, 0.2) is 30.6 Å². The summed E-state index contributed by atoms with van der Waals surface area (Å²) < 4.78 is 0. The summed E-state index contributed by atoms with van der Waals surface area (Å²) in [7, 11) is 0. The van der Waals surface area contributed by atoms with Crippen LogP contribution in [0, 0.1) is 0 Å². The highest BCUT2D eigenvalue weighted by Crippen LogP contribution is 2.22. The summed E-state index contributed by atoms with van der Waals surface area (Å²) in [6, 6.07) is 4.98. The summed E-state index contributed by atoms with van der Waals surface area (Å²) in [5, 5.41) is 10.2. The highest BCUT2D eigenvalue weighted by molar-refractivity contribution is 6.06. The van der Waals surface area contributed by atoms with Crippen LogP contribution < -0.4 is 5.73 Å². The normalized spacial score (nSPS) is 10.3. The maximum absolute atomic E-state index is 10.9. The van der Waals surface area contributed by atoms with Crippen molar-refractivity contribution in [2.45, 2.75) is 0 Å². The molecule has 4 heteroatoms. The molecule has 0 radical (unpaired) electrons. The van der Waals surface area contributed by atoms with Gasteiger partial charge in [-0.05, 0) is 6.07 Å². The summed E-state index contributed by atoms with van der Waals surface area (Å²) in [5.74, 6) is -0.969. The first-order chi connectivity index (χ1) is 6.70. The molecule has 0 bridgehead atoms. The molecule has 0 aliphatic heterocycles. The summed E-state index contributed by atoms with van der Waals surface area (Å²) in [4.78, 5) is 14.7. The number of nitrogen functional groups attached to an aromatic ring is 1. The molecule has 0 amide bonds. The van der Waals surface area contributed by atoms with Crippen LogP contribution in [-0.2, 0) is 0 Å². The molecular weight excluding hydrogens is 180 g/mol. The second kappa shape index (κ2) is 2.99. The number of fused-ring (bicyclic) bond motifs is 1. The average molecular weight is 188 g/mol. The van der Waals surface area contributed by atoms with Crippen LogP contribution in [0.4, 0.5) is 5.69 Å². The first kappa shape index (κ1) is 8.50. The zero-order valence-electron chi connectivity index (χ0n) is 7.27. The quantitative estimate of drug-likeness (QED) is 0.711. The maximum atomic E-state index is 10.9. The number of aromatic nitrogens is 1. The van der Waals surface area contributed by atoms with Crippen molar-refractivity contribution in [3.05, 3.63) is 36.2 Å². The smallest absolute Gasteiger partial charge is 0.336 e. The molecule has 3 N–H and O–H groups in total. The van der Waals surface area contributed by atoms with Gasteiger partial charge in [0.1, 0.15) is 0 Å². The first-order valence-corrected chi connectivity index (χ1v) is 4.05. The SMILES string of the molecule is Nc1cncc2c(C(=O)O)cccc12. The predicted molar refractivity (Wildman–Crippen MR) is 53.1 cm³/mol. The molecule has 1 heterocycles. The van der Waals surface area contributed by atoms with Gasteiger partial charge in [-0.3, -0.25) is 4.98 Å². The number of nitrogens with two attached hydrogens (primary N) is 1. The van der Waals surface area contributed by atoms with Gasteiger partial charge in [0.25, 0.3) is 0 Å². The van der Waals surface area contributed by atoms with Gasteiger partial charge in [-0.25, -0.2) is 4.79 Å². The van der Waals surface area contributed by atoms with Gasteiger partial charge in [0, 0.05) is 17.0 Å². The number of pyridine rings is 1. The number of anilines is 1. The van der Waals surface area contributed by atoms with Gasteiger partial charge in [-0.1, -0.05) is 12.1 Å². The molecule has 0 spiro atoms. The van der Waals surface area contributed by atoms with E-state index in [1.165, 1.54) is 18.5 Å².